The Kier molecular flexibility index (Phi) is 2.91. The Hall–Kier alpha value is -1.09. The number of nitrogens with zero attached hydrogens (tertiary/aromatic N) is 1. The van der Waals surface area contributed by atoms with Gasteiger partial charge in [-0.05, 0) is 19.9 Å². The number of hydrogen-bond donors (Lipinski definition) is 0. The average Bonchev–Trinajstić information content (AvgIpc) is 2.39. The van der Waals surface area contributed by atoms with Crippen LogP contribution in [0, 0.1) is 5.82 Å². The van der Waals surface area contributed by atoms with E-state index in [1.54, 1.807) is 0 Å². The second-order valence-corrected chi connectivity index (χ2v) is 4.16. The van der Waals surface area contributed by atoms with Gasteiger partial charge in [0.05, 0.1) is 0 Å². The Morgan fingerprint density at radius 1 is 1.40 bits per heavy atom. The lowest BCUT2D eigenvalue weighted by Gasteiger charge is -2.23. The van der Waals surface area contributed by atoms with Gasteiger partial charge in [-0.3, -0.25) is 4.90 Å². The van der Waals surface area contributed by atoms with Crippen LogP contribution in [0.25, 0.3) is 0 Å². The molecule has 0 saturated carbocycles. The molecule has 0 aliphatic carbocycles. The van der Waals surface area contributed by atoms with Crippen molar-refractivity contribution in [3.05, 3.63) is 29.6 Å². The Labute approximate surface area is 89.7 Å². The summed E-state index contributed by atoms with van der Waals surface area (Å²) in [5.41, 5.74) is 1.07. The van der Waals surface area contributed by atoms with Crippen molar-refractivity contribution in [1.29, 1.82) is 0 Å². The lowest BCUT2D eigenvalue weighted by atomic mass is 10.1. The summed E-state index contributed by atoms with van der Waals surface area (Å²) in [6, 6.07) is 5.26. The summed E-state index contributed by atoms with van der Waals surface area (Å²) in [5.74, 6) is 0.463. The van der Waals surface area contributed by atoms with E-state index in [4.69, 9.17) is 4.74 Å². The first-order chi connectivity index (χ1) is 7.16. The van der Waals surface area contributed by atoms with Crippen LogP contribution in [0.3, 0.4) is 0 Å². The summed E-state index contributed by atoms with van der Waals surface area (Å²) in [6.45, 7) is 6.69. The number of benzene rings is 1. The molecule has 1 heterocycles. The van der Waals surface area contributed by atoms with Gasteiger partial charge in [0.2, 0.25) is 0 Å². The van der Waals surface area contributed by atoms with Gasteiger partial charge in [-0.1, -0.05) is 6.07 Å². The monoisotopic (exact) mass is 209 g/mol. The molecule has 3 heteroatoms. The normalized spacial score (nSPS) is 17.1. The Morgan fingerprint density at radius 2 is 2.20 bits per heavy atom. The molecule has 1 aliphatic heterocycles. The predicted molar refractivity (Wildman–Crippen MR) is 57.4 cm³/mol. The number of hydrogen-bond acceptors (Lipinski definition) is 2. The summed E-state index contributed by atoms with van der Waals surface area (Å²) < 4.78 is 18.5. The van der Waals surface area contributed by atoms with E-state index in [-0.39, 0.29) is 5.82 Å². The smallest absolute Gasteiger partial charge is 0.126 e. The van der Waals surface area contributed by atoms with Crippen molar-refractivity contribution in [2.24, 2.45) is 0 Å². The first kappa shape index (κ1) is 10.4. The van der Waals surface area contributed by atoms with E-state index >= 15 is 0 Å². The molecule has 0 unspecified atom stereocenters. The number of halogens is 1. The third kappa shape index (κ3) is 2.29. The summed E-state index contributed by atoms with van der Waals surface area (Å²) in [7, 11) is 0. The molecule has 0 amide bonds. The van der Waals surface area contributed by atoms with Gasteiger partial charge < -0.3 is 4.74 Å². The van der Waals surface area contributed by atoms with E-state index in [0.29, 0.717) is 18.4 Å². The third-order valence-corrected chi connectivity index (χ3v) is 2.77. The van der Waals surface area contributed by atoms with Gasteiger partial charge in [0.1, 0.15) is 18.2 Å². The van der Waals surface area contributed by atoms with Crippen molar-refractivity contribution >= 4 is 0 Å². The molecular formula is C12H16FNO. The predicted octanol–water partition coefficient (Wildman–Crippen LogP) is 2.43. The van der Waals surface area contributed by atoms with Crippen LogP contribution in [0.15, 0.2) is 18.2 Å². The van der Waals surface area contributed by atoms with Crippen LogP contribution in [0.4, 0.5) is 4.39 Å². The molecule has 0 bridgehead atoms. The zero-order valence-corrected chi connectivity index (χ0v) is 9.16. The fourth-order valence-electron chi connectivity index (χ4n) is 1.80. The molecule has 15 heavy (non-hydrogen) atoms. The molecule has 0 atom stereocenters. The van der Waals surface area contributed by atoms with Crippen molar-refractivity contribution in [2.75, 3.05) is 13.2 Å². The lowest BCUT2D eigenvalue weighted by Crippen LogP contribution is -2.32. The molecule has 1 aromatic carbocycles. The summed E-state index contributed by atoms with van der Waals surface area (Å²) in [6.07, 6.45) is 0. The fourth-order valence-corrected chi connectivity index (χ4v) is 1.80. The van der Waals surface area contributed by atoms with Crippen LogP contribution in [-0.4, -0.2) is 24.1 Å². The van der Waals surface area contributed by atoms with Crippen LogP contribution < -0.4 is 4.74 Å². The molecular weight excluding hydrogens is 193 g/mol. The molecule has 0 N–H and O–H groups in total. The van der Waals surface area contributed by atoms with Crippen LogP contribution >= 0.6 is 0 Å². The zero-order chi connectivity index (χ0) is 10.8. The van der Waals surface area contributed by atoms with E-state index < -0.39 is 0 Å². The van der Waals surface area contributed by atoms with Crippen LogP contribution in [0.1, 0.15) is 19.4 Å². The maximum absolute atomic E-state index is 13.0. The van der Waals surface area contributed by atoms with Crippen molar-refractivity contribution < 1.29 is 9.13 Å². The molecule has 0 radical (unpaired) electrons. The van der Waals surface area contributed by atoms with Crippen molar-refractivity contribution in [1.82, 2.24) is 4.90 Å². The topological polar surface area (TPSA) is 12.5 Å². The molecule has 0 fully saturated rings. The van der Waals surface area contributed by atoms with Crippen LogP contribution in [-0.2, 0) is 6.54 Å². The minimum atomic E-state index is -0.230. The van der Waals surface area contributed by atoms with Gasteiger partial charge in [-0.25, -0.2) is 4.39 Å². The molecule has 82 valence electrons. The average molecular weight is 209 g/mol. The Balaban J connectivity index is 2.26. The summed E-state index contributed by atoms with van der Waals surface area (Å²) in [5, 5.41) is 0. The molecule has 1 aliphatic rings. The Bertz CT molecular complexity index is 351. The first-order valence-electron chi connectivity index (χ1n) is 5.32. The Morgan fingerprint density at radius 3 is 2.93 bits per heavy atom. The number of fused-ring (bicyclic) bond motifs is 1. The van der Waals surface area contributed by atoms with Gasteiger partial charge in [-0.15, -0.1) is 0 Å². The maximum Gasteiger partial charge on any atom is 0.126 e. The minimum Gasteiger partial charge on any atom is -0.492 e. The van der Waals surface area contributed by atoms with Crippen molar-refractivity contribution in [2.45, 2.75) is 26.4 Å². The molecule has 2 nitrogen and oxygen atoms in total. The largest absolute Gasteiger partial charge is 0.492 e. The van der Waals surface area contributed by atoms with Gasteiger partial charge in [-0.2, -0.15) is 0 Å². The van der Waals surface area contributed by atoms with Crippen LogP contribution in [0.2, 0.25) is 0 Å². The molecule has 2 rings (SSSR count). The van der Waals surface area contributed by atoms with Gasteiger partial charge >= 0.3 is 0 Å². The highest BCUT2D eigenvalue weighted by Crippen LogP contribution is 2.24. The highest BCUT2D eigenvalue weighted by atomic mass is 19.1. The summed E-state index contributed by atoms with van der Waals surface area (Å²) in [4.78, 5) is 2.32. The zero-order valence-electron chi connectivity index (χ0n) is 9.16. The molecule has 0 spiro atoms. The second-order valence-electron chi connectivity index (χ2n) is 4.16. The van der Waals surface area contributed by atoms with Gasteiger partial charge in [0.25, 0.3) is 0 Å². The number of rotatable bonds is 1. The van der Waals surface area contributed by atoms with Gasteiger partial charge in [0.15, 0.2) is 0 Å². The highest BCUT2D eigenvalue weighted by Gasteiger charge is 2.17. The standard InChI is InChI=1S/C12H16FNO/c1-9(2)14-5-6-15-12-7-11(13)4-3-10(12)8-14/h3-4,7,9H,5-6,8H2,1-2H3. The summed E-state index contributed by atoms with van der Waals surface area (Å²) >= 11 is 0. The third-order valence-electron chi connectivity index (χ3n) is 2.77. The van der Waals surface area contributed by atoms with E-state index in [1.165, 1.54) is 12.1 Å². The van der Waals surface area contributed by atoms with E-state index in [2.05, 4.69) is 18.7 Å². The highest BCUT2D eigenvalue weighted by molar-refractivity contribution is 5.34. The lowest BCUT2D eigenvalue weighted by molar-refractivity contribution is 0.188. The molecule has 1 aromatic rings. The maximum atomic E-state index is 13.0. The molecule has 0 saturated heterocycles. The molecule has 0 aromatic heterocycles. The van der Waals surface area contributed by atoms with E-state index in [0.717, 1.165) is 18.7 Å². The van der Waals surface area contributed by atoms with Gasteiger partial charge in [0, 0.05) is 30.8 Å². The van der Waals surface area contributed by atoms with Crippen LogP contribution in [0.5, 0.6) is 5.75 Å². The van der Waals surface area contributed by atoms with Crippen molar-refractivity contribution in [3.8, 4) is 5.75 Å². The SMILES string of the molecule is CC(C)N1CCOc2cc(F)ccc2C1. The fraction of sp³-hybridized carbons (Fsp3) is 0.500. The van der Waals surface area contributed by atoms with E-state index in [1.807, 2.05) is 6.07 Å². The second kappa shape index (κ2) is 4.19. The van der Waals surface area contributed by atoms with Crippen molar-refractivity contribution in [3.63, 3.8) is 0 Å². The minimum absolute atomic E-state index is 0.230. The quantitative estimate of drug-likeness (QED) is 0.704. The van der Waals surface area contributed by atoms with E-state index in [9.17, 15) is 4.39 Å². The first-order valence-corrected chi connectivity index (χ1v) is 5.32. The number of ether oxygens (including phenoxy) is 1.